The Labute approximate surface area is 358 Å². The summed E-state index contributed by atoms with van der Waals surface area (Å²) < 4.78 is 77.4. The number of rotatable bonds is 16. The van der Waals surface area contributed by atoms with Gasteiger partial charge in [0.05, 0.1) is 12.9 Å². The molecular weight excluding hydrogens is 859 g/mol. The van der Waals surface area contributed by atoms with E-state index in [4.69, 9.17) is 47.3 Å². The fourth-order valence-corrected chi connectivity index (χ4v) is 7.05. The number of nitrogens with zero attached hydrogens (tertiary/aromatic N) is 5. The number of imidazole rings is 1. The Morgan fingerprint density at radius 1 is 0.857 bits per heavy atom. The number of esters is 4. The van der Waals surface area contributed by atoms with Crippen molar-refractivity contribution in [3.8, 4) is 23.1 Å². The molecule has 2 aromatic carbocycles. The molecule has 6 rings (SSSR count). The van der Waals surface area contributed by atoms with Crippen LogP contribution in [0.15, 0.2) is 54.9 Å². The van der Waals surface area contributed by atoms with Gasteiger partial charge in [-0.05, 0) is 29.8 Å². The predicted molar refractivity (Wildman–Crippen MR) is 209 cm³/mol. The number of piperazine rings is 1. The van der Waals surface area contributed by atoms with Crippen LogP contribution in [0.1, 0.15) is 33.3 Å². The number of anilines is 1. The number of nitrogens with one attached hydrogen (secondary N) is 1. The van der Waals surface area contributed by atoms with Crippen LogP contribution in [-0.4, -0.2) is 125 Å². The van der Waals surface area contributed by atoms with Gasteiger partial charge in [-0.15, -0.1) is 8.42 Å². The third kappa shape index (κ3) is 12.0. The first kappa shape index (κ1) is 45.3. The van der Waals surface area contributed by atoms with Crippen LogP contribution < -0.4 is 28.9 Å². The van der Waals surface area contributed by atoms with E-state index in [0.29, 0.717) is 18.7 Å². The molecule has 24 nitrogen and oxygen atoms in total. The minimum Gasteiger partial charge on any atom is -0.471 e. The highest BCUT2D eigenvalue weighted by Gasteiger charge is 2.53. The van der Waals surface area contributed by atoms with Crippen molar-refractivity contribution in [1.82, 2.24) is 29.7 Å². The van der Waals surface area contributed by atoms with Gasteiger partial charge in [0.25, 0.3) is 0 Å². The molecule has 2 aliphatic heterocycles. The smallest absolute Gasteiger partial charge is 0.471 e. The zero-order valence-electron chi connectivity index (χ0n) is 34.0. The summed E-state index contributed by atoms with van der Waals surface area (Å²) in [7, 11) is -4.88. The standard InChI is InChI=1S/C38H41N7O17S/c1-20(46)54-18-28-32(56-21(2)47)33(57-22(3)48)34(58-23(4)49)37(60-28)59-26-7-5-6-8-27(26)62-63(52,53)61-25-11-9-24(10-12-25)17-55-36-31-35(42-38(39)43-36)45(19-41-31)16-30(51)44-14-13-40-29(50)15-44/h5-12,19,28,32-34,37H,13-18H2,1-4H3,(H,40,50)(H2,39,42,43)/t28-,32+,33+,34-,37?/m1/s1. The van der Waals surface area contributed by atoms with Crippen molar-refractivity contribution in [2.45, 2.75) is 71.6 Å². The zero-order chi connectivity index (χ0) is 45.4. The third-order valence-corrected chi connectivity index (χ3v) is 9.66. The lowest BCUT2D eigenvalue weighted by atomic mass is 9.98. The summed E-state index contributed by atoms with van der Waals surface area (Å²) >= 11 is 0. The van der Waals surface area contributed by atoms with Gasteiger partial charge in [-0.1, -0.05) is 24.3 Å². The molecule has 0 bridgehead atoms. The van der Waals surface area contributed by atoms with Crippen molar-refractivity contribution in [3.05, 3.63) is 60.4 Å². The maximum atomic E-state index is 13.2. The number of ether oxygens (including phenoxy) is 7. The normalized spacial score (nSPS) is 19.8. The second-order valence-electron chi connectivity index (χ2n) is 13.7. The summed E-state index contributed by atoms with van der Waals surface area (Å²) in [6.45, 7) is 4.14. The Morgan fingerprint density at radius 3 is 2.19 bits per heavy atom. The van der Waals surface area contributed by atoms with Crippen molar-refractivity contribution >= 4 is 63.2 Å². The van der Waals surface area contributed by atoms with E-state index < -0.39 is 77.3 Å². The number of hydrogen-bond donors (Lipinski definition) is 2. The fraction of sp³-hybridized carbons (Fsp3) is 0.395. The van der Waals surface area contributed by atoms with Gasteiger partial charge in [0.2, 0.25) is 36.0 Å². The minimum atomic E-state index is -4.88. The van der Waals surface area contributed by atoms with Gasteiger partial charge >= 0.3 is 34.3 Å². The number of carbonyl (C=O) groups excluding carboxylic acids is 6. The second kappa shape index (κ2) is 19.6. The van der Waals surface area contributed by atoms with Gasteiger partial charge in [-0.25, -0.2) is 4.98 Å². The van der Waals surface area contributed by atoms with E-state index in [9.17, 15) is 37.2 Å². The van der Waals surface area contributed by atoms with Crippen LogP contribution in [0.2, 0.25) is 0 Å². The number of carbonyl (C=O) groups is 6. The highest BCUT2D eigenvalue weighted by Crippen LogP contribution is 2.35. The summed E-state index contributed by atoms with van der Waals surface area (Å²) in [4.78, 5) is 86.9. The Balaban J connectivity index is 1.13. The lowest BCUT2D eigenvalue weighted by Gasteiger charge is -2.43. The summed E-state index contributed by atoms with van der Waals surface area (Å²) in [5, 5.41) is 2.66. The summed E-state index contributed by atoms with van der Waals surface area (Å²) in [6.07, 6.45) is -6.29. The van der Waals surface area contributed by atoms with Crippen LogP contribution in [-0.2, 0) is 76.0 Å². The first-order chi connectivity index (χ1) is 29.9. The zero-order valence-corrected chi connectivity index (χ0v) is 34.8. The van der Waals surface area contributed by atoms with Crippen molar-refractivity contribution in [3.63, 3.8) is 0 Å². The Bertz CT molecular complexity index is 2480. The maximum absolute atomic E-state index is 13.2. The molecule has 2 aliphatic rings. The van der Waals surface area contributed by atoms with Crippen molar-refractivity contribution in [1.29, 1.82) is 0 Å². The van der Waals surface area contributed by atoms with Crippen molar-refractivity contribution < 1.29 is 78.7 Å². The molecule has 4 aromatic rings. The number of fused-ring (bicyclic) bond motifs is 1. The Hall–Kier alpha value is -7.28. The summed E-state index contributed by atoms with van der Waals surface area (Å²) in [5.41, 5.74) is 6.92. The molecule has 3 N–H and O–H groups in total. The molecular formula is C38H41N7O17S. The average molecular weight is 900 g/mol. The number of nitrogens with two attached hydrogens (primary N) is 1. The highest BCUT2D eigenvalue weighted by molar-refractivity contribution is 7.82. The topological polar surface area (TPSA) is 305 Å². The third-order valence-electron chi connectivity index (χ3n) is 8.88. The monoisotopic (exact) mass is 899 g/mol. The molecule has 0 radical (unpaired) electrons. The van der Waals surface area contributed by atoms with Crippen LogP contribution in [0.5, 0.6) is 23.1 Å². The van der Waals surface area contributed by atoms with Crippen LogP contribution in [0.25, 0.3) is 11.2 Å². The van der Waals surface area contributed by atoms with Gasteiger partial charge in [-0.2, -0.15) is 9.97 Å². The fourth-order valence-electron chi connectivity index (χ4n) is 6.31. The molecule has 2 fully saturated rings. The molecule has 63 heavy (non-hydrogen) atoms. The largest absolute Gasteiger partial charge is 0.501 e. The highest BCUT2D eigenvalue weighted by atomic mass is 32.3. The molecule has 2 amide bonds. The van der Waals surface area contributed by atoms with Crippen LogP contribution in [0, 0.1) is 0 Å². The van der Waals surface area contributed by atoms with Crippen molar-refractivity contribution in [2.75, 3.05) is 32.0 Å². The molecule has 0 aliphatic carbocycles. The van der Waals surface area contributed by atoms with Gasteiger partial charge < -0.3 is 62.0 Å². The molecule has 4 heterocycles. The Morgan fingerprint density at radius 2 is 1.52 bits per heavy atom. The van der Waals surface area contributed by atoms with Crippen LogP contribution in [0.4, 0.5) is 5.95 Å². The van der Waals surface area contributed by atoms with Crippen molar-refractivity contribution in [2.24, 2.45) is 0 Å². The first-order valence-corrected chi connectivity index (χ1v) is 20.2. The van der Waals surface area contributed by atoms with E-state index in [1.165, 1.54) is 64.3 Å². The molecule has 5 atom stereocenters. The number of aromatic nitrogens is 4. The van der Waals surface area contributed by atoms with Crippen LogP contribution in [0.3, 0.4) is 0 Å². The van der Waals surface area contributed by atoms with Gasteiger partial charge in [-0.3, -0.25) is 28.8 Å². The van der Waals surface area contributed by atoms with E-state index >= 15 is 0 Å². The summed E-state index contributed by atoms with van der Waals surface area (Å²) in [6, 6.07) is 11.0. The number of benzene rings is 2. The van der Waals surface area contributed by atoms with E-state index in [1.807, 2.05) is 0 Å². The molecule has 0 spiro atoms. The Kier molecular flexibility index (Phi) is 14.1. The van der Waals surface area contributed by atoms with E-state index in [2.05, 4.69) is 20.3 Å². The SMILES string of the molecule is CC(=O)OC[C@H]1OC(Oc2ccccc2OS(=O)(=O)Oc2ccc(COc3nc(N)nc4c3ncn4CC(=O)N3CCNC(=O)C3)cc2)[C@H](OC(C)=O)[C@@H](OC(C)=O)[C@H]1OC(C)=O. The molecule has 0 saturated carbocycles. The second-order valence-corrected chi connectivity index (χ2v) is 14.9. The first-order valence-electron chi connectivity index (χ1n) is 18.9. The average Bonchev–Trinajstić information content (AvgIpc) is 3.60. The number of amides is 2. The molecule has 2 saturated heterocycles. The summed E-state index contributed by atoms with van der Waals surface area (Å²) in [5.74, 6) is -4.90. The van der Waals surface area contributed by atoms with E-state index in [0.717, 1.165) is 27.7 Å². The van der Waals surface area contributed by atoms with Crippen LogP contribution >= 0.6 is 0 Å². The number of nitrogen functional groups attached to an aromatic ring is 1. The quantitative estimate of drug-likeness (QED) is 0.111. The van der Waals surface area contributed by atoms with E-state index in [-0.39, 0.29) is 66.0 Å². The molecule has 25 heteroatoms. The predicted octanol–water partition coefficient (Wildman–Crippen LogP) is 0.110. The molecule has 1 unspecified atom stereocenters. The lowest BCUT2D eigenvalue weighted by Crippen LogP contribution is -2.63. The van der Waals surface area contributed by atoms with Gasteiger partial charge in [0, 0.05) is 40.8 Å². The van der Waals surface area contributed by atoms with Gasteiger partial charge in [0.1, 0.15) is 31.6 Å². The maximum Gasteiger partial charge on any atom is 0.501 e. The van der Waals surface area contributed by atoms with E-state index in [1.54, 1.807) is 0 Å². The lowest BCUT2D eigenvalue weighted by molar-refractivity contribution is -0.288. The minimum absolute atomic E-state index is 0.0158. The van der Waals surface area contributed by atoms with Gasteiger partial charge in [0.15, 0.2) is 34.9 Å². The molecule has 2 aromatic heterocycles. The molecule has 336 valence electrons. The number of para-hydroxylation sites is 2. The number of hydrogen-bond acceptors (Lipinski definition) is 21.